The quantitative estimate of drug-likeness (QED) is 0.306. The Morgan fingerprint density at radius 2 is 1.73 bits per heavy atom. The predicted molar refractivity (Wildman–Crippen MR) is 157 cm³/mol. The Kier molecular flexibility index (Phi) is 8.34. The molecule has 2 N–H and O–H groups in total. The van der Waals surface area contributed by atoms with E-state index in [1.54, 1.807) is 0 Å². The average Bonchev–Trinajstić information content (AvgIpc) is 3.02. The highest BCUT2D eigenvalue weighted by Gasteiger charge is 2.39. The van der Waals surface area contributed by atoms with Crippen LogP contribution in [0.2, 0.25) is 0 Å². The van der Waals surface area contributed by atoms with Crippen molar-refractivity contribution in [2.24, 2.45) is 5.92 Å². The number of anilines is 1. The van der Waals surface area contributed by atoms with Crippen LogP contribution in [0.3, 0.4) is 0 Å². The van der Waals surface area contributed by atoms with Gasteiger partial charge in [-0.1, -0.05) is 61.9 Å². The minimum atomic E-state index is -0.596. The predicted octanol–water partition coefficient (Wildman–Crippen LogP) is 5.65. The molecule has 8 nitrogen and oxygen atoms in total. The molecule has 2 aliphatic heterocycles. The first-order valence-electron chi connectivity index (χ1n) is 14.4. The first-order chi connectivity index (χ1) is 20.1. The zero-order valence-electron chi connectivity index (χ0n) is 23.3. The van der Waals surface area contributed by atoms with Gasteiger partial charge in [0.15, 0.2) is 6.29 Å². The molecule has 0 radical (unpaired) electrons. The van der Waals surface area contributed by atoms with Gasteiger partial charge in [-0.2, -0.15) is 0 Å². The van der Waals surface area contributed by atoms with E-state index in [0.29, 0.717) is 11.2 Å². The Labute approximate surface area is 240 Å². The van der Waals surface area contributed by atoms with Crippen LogP contribution in [0.1, 0.15) is 65.8 Å². The van der Waals surface area contributed by atoms with Gasteiger partial charge in [-0.25, -0.2) is 4.98 Å². The molecule has 4 aromatic rings. The van der Waals surface area contributed by atoms with Crippen molar-refractivity contribution in [2.45, 2.75) is 51.3 Å². The van der Waals surface area contributed by atoms with E-state index < -0.39 is 6.29 Å². The number of hydrogen-bond acceptors (Lipinski definition) is 7. The molecule has 1 amide bonds. The number of hydrogen-bond donors (Lipinski definition) is 2. The molecular weight excluding hydrogens is 516 g/mol. The standard InChI is InChI=1S/C33H36N4O4/c1-22-30(20-37-16-5-2-6-17-37)40-33(41-31(22)24-14-12-23(21-38)13-15-24)25-8-7-9-26(18-25)35-32(39)29-19-34-27-10-3-4-11-28(27)36-29/h3-4,7-15,18-19,22,30-31,33,38H,2,5-6,16-17,20-21H2,1H3,(H,35,39)/t22-,30+,31+,33+/m1/s1. The highest BCUT2D eigenvalue weighted by Crippen LogP contribution is 2.42. The van der Waals surface area contributed by atoms with Crippen LogP contribution in [0.4, 0.5) is 5.69 Å². The molecule has 4 atom stereocenters. The van der Waals surface area contributed by atoms with Crippen molar-refractivity contribution in [3.05, 3.63) is 101 Å². The monoisotopic (exact) mass is 552 g/mol. The van der Waals surface area contributed by atoms with E-state index >= 15 is 0 Å². The lowest BCUT2D eigenvalue weighted by Gasteiger charge is -2.43. The van der Waals surface area contributed by atoms with Crippen molar-refractivity contribution in [2.75, 3.05) is 25.0 Å². The minimum absolute atomic E-state index is 0.00792. The van der Waals surface area contributed by atoms with Gasteiger partial charge in [0.2, 0.25) is 0 Å². The smallest absolute Gasteiger partial charge is 0.275 e. The molecule has 6 rings (SSSR count). The molecule has 3 aromatic carbocycles. The summed E-state index contributed by atoms with van der Waals surface area (Å²) in [5, 5.41) is 12.5. The summed E-state index contributed by atoms with van der Waals surface area (Å²) in [7, 11) is 0. The average molecular weight is 553 g/mol. The van der Waals surface area contributed by atoms with E-state index in [1.807, 2.05) is 72.8 Å². The summed E-state index contributed by atoms with van der Waals surface area (Å²) in [5.41, 5.74) is 5.06. The van der Waals surface area contributed by atoms with Crippen LogP contribution in [-0.2, 0) is 16.1 Å². The van der Waals surface area contributed by atoms with Crippen LogP contribution in [0, 0.1) is 5.92 Å². The molecule has 41 heavy (non-hydrogen) atoms. The molecule has 3 heterocycles. The first kappa shape index (κ1) is 27.5. The second-order valence-corrected chi connectivity index (χ2v) is 11.0. The number of rotatable bonds is 7. The number of piperidine rings is 1. The lowest BCUT2D eigenvalue weighted by Crippen LogP contribution is -2.45. The molecular formula is C33H36N4O4. The van der Waals surface area contributed by atoms with Crippen molar-refractivity contribution in [1.29, 1.82) is 0 Å². The van der Waals surface area contributed by atoms with E-state index in [-0.39, 0.29) is 36.3 Å². The van der Waals surface area contributed by atoms with Crippen LogP contribution in [0.5, 0.6) is 0 Å². The lowest BCUT2D eigenvalue weighted by atomic mass is 9.89. The number of nitrogens with zero attached hydrogens (tertiary/aromatic N) is 3. The van der Waals surface area contributed by atoms with Crippen molar-refractivity contribution >= 4 is 22.6 Å². The largest absolute Gasteiger partial charge is 0.392 e. The third-order valence-corrected chi connectivity index (χ3v) is 8.11. The number of aliphatic hydroxyl groups excluding tert-OH is 1. The van der Waals surface area contributed by atoms with Crippen molar-refractivity contribution in [3.63, 3.8) is 0 Å². The minimum Gasteiger partial charge on any atom is -0.392 e. The van der Waals surface area contributed by atoms with Gasteiger partial charge in [0.1, 0.15) is 5.69 Å². The van der Waals surface area contributed by atoms with Crippen molar-refractivity contribution < 1.29 is 19.4 Å². The maximum atomic E-state index is 13.1. The van der Waals surface area contributed by atoms with Crippen LogP contribution in [0.25, 0.3) is 11.0 Å². The van der Waals surface area contributed by atoms with E-state index in [1.165, 1.54) is 25.5 Å². The maximum absolute atomic E-state index is 13.1. The van der Waals surface area contributed by atoms with Gasteiger partial charge in [-0.15, -0.1) is 0 Å². The van der Waals surface area contributed by atoms with Gasteiger partial charge in [0, 0.05) is 23.7 Å². The Morgan fingerprint density at radius 1 is 0.951 bits per heavy atom. The van der Waals surface area contributed by atoms with Gasteiger partial charge in [-0.05, 0) is 61.3 Å². The van der Waals surface area contributed by atoms with Crippen LogP contribution < -0.4 is 5.32 Å². The molecule has 2 saturated heterocycles. The van der Waals surface area contributed by atoms with Crippen LogP contribution in [-0.4, -0.2) is 51.6 Å². The number of benzene rings is 3. The van der Waals surface area contributed by atoms with Gasteiger partial charge < -0.3 is 24.8 Å². The SMILES string of the molecule is C[C@@H]1[C@H](CN2CCCCC2)O[C@H](c2cccc(NC(=O)c3cnc4ccccc4n3)c2)O[C@@H]1c1ccc(CO)cc1. The van der Waals surface area contributed by atoms with Gasteiger partial charge in [0.05, 0.1) is 36.0 Å². The summed E-state index contributed by atoms with van der Waals surface area (Å²) in [6, 6.07) is 23.0. The number of aromatic nitrogens is 2. The van der Waals surface area contributed by atoms with Gasteiger partial charge in [0.25, 0.3) is 5.91 Å². The zero-order valence-corrected chi connectivity index (χ0v) is 23.3. The number of nitrogens with one attached hydrogen (secondary N) is 1. The fraction of sp³-hybridized carbons (Fsp3) is 0.364. The van der Waals surface area contributed by atoms with E-state index in [9.17, 15) is 9.90 Å². The van der Waals surface area contributed by atoms with E-state index in [4.69, 9.17) is 9.47 Å². The normalized spacial score (nSPS) is 23.4. The second kappa shape index (κ2) is 12.4. The molecule has 1 aromatic heterocycles. The zero-order chi connectivity index (χ0) is 28.2. The van der Waals surface area contributed by atoms with Crippen LogP contribution >= 0.6 is 0 Å². The summed E-state index contributed by atoms with van der Waals surface area (Å²) in [6.45, 7) is 5.23. The Balaban J connectivity index is 1.23. The van der Waals surface area contributed by atoms with Crippen molar-refractivity contribution in [3.8, 4) is 0 Å². The number of likely N-dealkylation sites (tertiary alicyclic amines) is 1. The lowest BCUT2D eigenvalue weighted by molar-refractivity contribution is -0.276. The van der Waals surface area contributed by atoms with Crippen molar-refractivity contribution in [1.82, 2.24) is 14.9 Å². The summed E-state index contributed by atoms with van der Waals surface area (Å²) < 4.78 is 13.3. The summed E-state index contributed by atoms with van der Waals surface area (Å²) in [5.74, 6) is -0.202. The molecule has 0 spiro atoms. The number of amides is 1. The fourth-order valence-electron chi connectivity index (χ4n) is 5.75. The topological polar surface area (TPSA) is 96.8 Å². The number of aliphatic hydroxyl groups is 1. The highest BCUT2D eigenvalue weighted by atomic mass is 16.7. The summed E-state index contributed by atoms with van der Waals surface area (Å²) >= 11 is 0. The van der Waals surface area contributed by atoms with Gasteiger partial charge >= 0.3 is 0 Å². The molecule has 0 bridgehead atoms. The maximum Gasteiger partial charge on any atom is 0.275 e. The fourth-order valence-corrected chi connectivity index (χ4v) is 5.75. The Hall–Kier alpha value is -3.69. The first-order valence-corrected chi connectivity index (χ1v) is 14.4. The highest BCUT2D eigenvalue weighted by molar-refractivity contribution is 6.03. The number of carbonyl (C=O) groups is 1. The summed E-state index contributed by atoms with van der Waals surface area (Å²) in [4.78, 5) is 24.4. The van der Waals surface area contributed by atoms with Gasteiger partial charge in [-0.3, -0.25) is 9.78 Å². The Bertz CT molecular complexity index is 1490. The second-order valence-electron chi connectivity index (χ2n) is 11.0. The van der Waals surface area contributed by atoms with E-state index in [2.05, 4.69) is 27.1 Å². The molecule has 2 fully saturated rings. The third-order valence-electron chi connectivity index (χ3n) is 8.11. The van der Waals surface area contributed by atoms with Crippen LogP contribution in [0.15, 0.2) is 79.0 Å². The number of carbonyl (C=O) groups excluding carboxylic acids is 1. The number of para-hydroxylation sites is 2. The molecule has 8 heteroatoms. The Morgan fingerprint density at radius 3 is 2.51 bits per heavy atom. The molecule has 0 unspecified atom stereocenters. The van der Waals surface area contributed by atoms with E-state index in [0.717, 1.165) is 41.8 Å². The molecule has 2 aliphatic rings. The summed E-state index contributed by atoms with van der Waals surface area (Å²) in [6.07, 6.45) is 4.41. The number of ether oxygens (including phenoxy) is 2. The molecule has 0 saturated carbocycles. The molecule has 0 aliphatic carbocycles. The number of fused-ring (bicyclic) bond motifs is 1. The molecule has 212 valence electrons. The third kappa shape index (κ3) is 6.31.